The van der Waals surface area contributed by atoms with E-state index >= 15 is 0 Å². The monoisotopic (exact) mass is 303 g/mol. The van der Waals surface area contributed by atoms with Gasteiger partial charge in [-0.3, -0.25) is 9.69 Å². The Bertz CT molecular complexity index is 560. The Balaban J connectivity index is 1.72. The fraction of sp³-hybridized carbons (Fsp3) is 0.647. The van der Waals surface area contributed by atoms with Crippen LogP contribution in [0.4, 0.5) is 0 Å². The molecule has 1 N–H and O–H groups in total. The van der Waals surface area contributed by atoms with E-state index in [1.807, 2.05) is 0 Å². The van der Waals surface area contributed by atoms with Gasteiger partial charge in [-0.1, -0.05) is 12.8 Å². The zero-order chi connectivity index (χ0) is 15.9. The minimum atomic E-state index is -0.158. The van der Waals surface area contributed by atoms with Crippen molar-refractivity contribution in [1.82, 2.24) is 15.2 Å². The SMILES string of the molecule is CCC#CCN1CCC(CNC(=O)c2oc(C)nc2C)CC1. The maximum absolute atomic E-state index is 12.1. The molecule has 1 aromatic rings. The number of carbonyl (C=O) groups is 1. The number of hydrogen-bond donors (Lipinski definition) is 1. The highest BCUT2D eigenvalue weighted by atomic mass is 16.4. The molecule has 0 unspecified atom stereocenters. The molecule has 5 heteroatoms. The molecule has 5 nitrogen and oxygen atoms in total. The number of nitrogens with one attached hydrogen (secondary N) is 1. The number of piperidine rings is 1. The highest BCUT2D eigenvalue weighted by Gasteiger charge is 2.21. The first-order valence-electron chi connectivity index (χ1n) is 8.00. The van der Waals surface area contributed by atoms with Crippen LogP contribution in [0, 0.1) is 31.6 Å². The lowest BCUT2D eigenvalue weighted by Gasteiger charge is -2.30. The van der Waals surface area contributed by atoms with E-state index in [-0.39, 0.29) is 5.91 Å². The van der Waals surface area contributed by atoms with Crippen molar-refractivity contribution in [1.29, 1.82) is 0 Å². The fourth-order valence-electron chi connectivity index (χ4n) is 2.70. The summed E-state index contributed by atoms with van der Waals surface area (Å²) in [7, 11) is 0. The molecule has 120 valence electrons. The van der Waals surface area contributed by atoms with E-state index in [0.717, 1.165) is 38.9 Å². The lowest BCUT2D eigenvalue weighted by atomic mass is 9.97. The van der Waals surface area contributed by atoms with Crippen molar-refractivity contribution in [2.45, 2.75) is 40.0 Å². The second-order valence-electron chi connectivity index (χ2n) is 5.78. The van der Waals surface area contributed by atoms with Gasteiger partial charge in [-0.15, -0.1) is 5.92 Å². The number of carbonyl (C=O) groups excluding carboxylic acids is 1. The van der Waals surface area contributed by atoms with Gasteiger partial charge in [0.2, 0.25) is 5.76 Å². The molecule has 0 saturated carbocycles. The van der Waals surface area contributed by atoms with Gasteiger partial charge < -0.3 is 9.73 Å². The maximum atomic E-state index is 12.1. The minimum absolute atomic E-state index is 0.158. The zero-order valence-corrected chi connectivity index (χ0v) is 13.7. The molecule has 1 aliphatic rings. The van der Waals surface area contributed by atoms with Crippen LogP contribution in [-0.2, 0) is 0 Å². The standard InChI is InChI=1S/C17H25N3O2/c1-4-5-6-9-20-10-7-15(8-11-20)12-18-17(21)16-13(2)19-14(3)22-16/h15H,4,7-12H2,1-3H3,(H,18,21). The summed E-state index contributed by atoms with van der Waals surface area (Å²) in [5.41, 5.74) is 0.652. The molecule has 22 heavy (non-hydrogen) atoms. The van der Waals surface area contributed by atoms with Gasteiger partial charge in [0.05, 0.1) is 12.2 Å². The third kappa shape index (κ3) is 4.60. The predicted octanol–water partition coefficient (Wildman–Crippen LogP) is 2.15. The quantitative estimate of drug-likeness (QED) is 0.866. The molecule has 0 radical (unpaired) electrons. The van der Waals surface area contributed by atoms with E-state index in [9.17, 15) is 4.79 Å². The van der Waals surface area contributed by atoms with Crippen LogP contribution >= 0.6 is 0 Å². The first-order chi connectivity index (χ1) is 10.6. The van der Waals surface area contributed by atoms with Crippen LogP contribution in [0.5, 0.6) is 0 Å². The maximum Gasteiger partial charge on any atom is 0.289 e. The summed E-state index contributed by atoms with van der Waals surface area (Å²) in [6, 6.07) is 0. The Labute approximate surface area is 132 Å². The summed E-state index contributed by atoms with van der Waals surface area (Å²) in [5.74, 6) is 7.54. The van der Waals surface area contributed by atoms with Crippen LogP contribution in [-0.4, -0.2) is 42.0 Å². The molecule has 0 bridgehead atoms. The molecule has 1 amide bonds. The van der Waals surface area contributed by atoms with Crippen LogP contribution < -0.4 is 5.32 Å². The van der Waals surface area contributed by atoms with Crippen molar-refractivity contribution >= 4 is 5.91 Å². The van der Waals surface area contributed by atoms with Crippen molar-refractivity contribution < 1.29 is 9.21 Å². The highest BCUT2D eigenvalue weighted by Crippen LogP contribution is 2.16. The summed E-state index contributed by atoms with van der Waals surface area (Å²) in [4.78, 5) is 18.6. The van der Waals surface area contributed by atoms with Crippen LogP contribution in [0.1, 0.15) is 48.3 Å². The summed E-state index contributed by atoms with van der Waals surface area (Å²) >= 11 is 0. The van der Waals surface area contributed by atoms with Crippen molar-refractivity contribution in [3.05, 3.63) is 17.3 Å². The number of oxazole rings is 1. The summed E-state index contributed by atoms with van der Waals surface area (Å²) < 4.78 is 5.34. The van der Waals surface area contributed by atoms with Gasteiger partial charge in [-0.05, 0) is 38.8 Å². The average molecular weight is 303 g/mol. The lowest BCUT2D eigenvalue weighted by Crippen LogP contribution is -2.38. The average Bonchev–Trinajstić information content (AvgIpc) is 2.85. The van der Waals surface area contributed by atoms with Crippen LogP contribution in [0.2, 0.25) is 0 Å². The van der Waals surface area contributed by atoms with Gasteiger partial charge in [0, 0.05) is 19.9 Å². The largest absolute Gasteiger partial charge is 0.436 e. The van der Waals surface area contributed by atoms with Crippen molar-refractivity contribution in [2.24, 2.45) is 5.92 Å². The van der Waals surface area contributed by atoms with Crippen LogP contribution in [0.3, 0.4) is 0 Å². The lowest BCUT2D eigenvalue weighted by molar-refractivity contribution is 0.0908. The minimum Gasteiger partial charge on any atom is -0.436 e. The number of nitrogens with zero attached hydrogens (tertiary/aromatic N) is 2. The third-order valence-corrected chi connectivity index (χ3v) is 3.97. The molecule has 2 heterocycles. The van der Waals surface area contributed by atoms with Gasteiger partial charge in [-0.2, -0.15) is 0 Å². The molecular weight excluding hydrogens is 278 g/mol. The van der Waals surface area contributed by atoms with E-state index in [0.29, 0.717) is 29.8 Å². The summed E-state index contributed by atoms with van der Waals surface area (Å²) in [6.45, 7) is 9.29. The molecule has 0 atom stereocenters. The number of rotatable bonds is 4. The van der Waals surface area contributed by atoms with Crippen molar-refractivity contribution in [3.8, 4) is 11.8 Å². The van der Waals surface area contributed by atoms with Crippen molar-refractivity contribution in [2.75, 3.05) is 26.2 Å². The van der Waals surface area contributed by atoms with Crippen molar-refractivity contribution in [3.63, 3.8) is 0 Å². The van der Waals surface area contributed by atoms with Gasteiger partial charge >= 0.3 is 0 Å². The second-order valence-corrected chi connectivity index (χ2v) is 5.78. The molecule has 0 aliphatic carbocycles. The molecule has 1 aliphatic heterocycles. The number of aryl methyl sites for hydroxylation is 2. The highest BCUT2D eigenvalue weighted by molar-refractivity contribution is 5.92. The van der Waals surface area contributed by atoms with E-state index < -0.39 is 0 Å². The Morgan fingerprint density at radius 3 is 2.68 bits per heavy atom. The Hall–Kier alpha value is -1.80. The fourth-order valence-corrected chi connectivity index (χ4v) is 2.70. The van der Waals surface area contributed by atoms with E-state index in [1.165, 1.54) is 0 Å². The number of likely N-dealkylation sites (tertiary alicyclic amines) is 1. The molecule has 2 rings (SSSR count). The van der Waals surface area contributed by atoms with Crippen LogP contribution in [0.15, 0.2) is 4.42 Å². The van der Waals surface area contributed by atoms with E-state index in [1.54, 1.807) is 13.8 Å². The number of amides is 1. The molecular formula is C17H25N3O2. The number of hydrogen-bond acceptors (Lipinski definition) is 4. The second kappa shape index (κ2) is 8.00. The molecule has 0 aromatic carbocycles. The molecule has 1 saturated heterocycles. The smallest absolute Gasteiger partial charge is 0.289 e. The first kappa shape index (κ1) is 16.6. The molecule has 1 aromatic heterocycles. The molecule has 1 fully saturated rings. The zero-order valence-electron chi connectivity index (χ0n) is 13.7. The van der Waals surface area contributed by atoms with Gasteiger partial charge in [0.1, 0.15) is 0 Å². The topological polar surface area (TPSA) is 58.4 Å². The summed E-state index contributed by atoms with van der Waals surface area (Å²) in [6.07, 6.45) is 3.12. The Morgan fingerprint density at radius 1 is 1.36 bits per heavy atom. The van der Waals surface area contributed by atoms with E-state index in [2.05, 4.69) is 34.0 Å². The molecule has 0 spiro atoms. The van der Waals surface area contributed by atoms with Crippen LogP contribution in [0.25, 0.3) is 0 Å². The first-order valence-corrected chi connectivity index (χ1v) is 8.00. The summed E-state index contributed by atoms with van der Waals surface area (Å²) in [5, 5.41) is 2.97. The van der Waals surface area contributed by atoms with Gasteiger partial charge in [-0.25, -0.2) is 4.98 Å². The Morgan fingerprint density at radius 2 is 2.09 bits per heavy atom. The van der Waals surface area contributed by atoms with Gasteiger partial charge in [0.25, 0.3) is 5.91 Å². The van der Waals surface area contributed by atoms with E-state index in [4.69, 9.17) is 4.42 Å². The van der Waals surface area contributed by atoms with Gasteiger partial charge in [0.15, 0.2) is 5.89 Å². The number of aromatic nitrogens is 1. The Kier molecular flexibility index (Phi) is 6.02. The third-order valence-electron chi connectivity index (χ3n) is 3.97. The predicted molar refractivity (Wildman–Crippen MR) is 85.5 cm³/mol. The normalized spacial score (nSPS) is 16.1.